The van der Waals surface area contributed by atoms with Crippen molar-refractivity contribution in [2.24, 2.45) is 0 Å². The zero-order chi connectivity index (χ0) is 17.6. The van der Waals surface area contributed by atoms with Crippen LogP contribution in [0.3, 0.4) is 0 Å². The van der Waals surface area contributed by atoms with Crippen molar-refractivity contribution in [1.29, 1.82) is 0 Å². The standard InChI is InChI=1S/C20H23BrN2O2/c1-15-13-23(14-19(25-15)16-6-3-2-4-7-16)11-10-20(24)22-18-9-5-8-17(21)12-18/h2-9,12,15,19H,10-11,13-14H2,1H3,(H,22,24). The van der Waals surface area contributed by atoms with Crippen molar-refractivity contribution in [3.8, 4) is 0 Å². The fraction of sp³-hybridized carbons (Fsp3) is 0.350. The molecule has 0 aliphatic carbocycles. The number of ether oxygens (including phenoxy) is 1. The van der Waals surface area contributed by atoms with E-state index in [1.165, 1.54) is 5.56 Å². The Labute approximate surface area is 157 Å². The normalized spacial score (nSPS) is 21.0. The van der Waals surface area contributed by atoms with Crippen molar-refractivity contribution < 1.29 is 9.53 Å². The number of carbonyl (C=O) groups excluding carboxylic acids is 1. The van der Waals surface area contributed by atoms with Crippen LogP contribution in [-0.4, -0.2) is 36.5 Å². The largest absolute Gasteiger partial charge is 0.368 e. The zero-order valence-electron chi connectivity index (χ0n) is 14.3. The molecule has 2 atom stereocenters. The Hall–Kier alpha value is -1.69. The second-order valence-electron chi connectivity index (χ2n) is 6.41. The Morgan fingerprint density at radius 1 is 1.20 bits per heavy atom. The summed E-state index contributed by atoms with van der Waals surface area (Å²) in [6.07, 6.45) is 0.700. The number of rotatable bonds is 5. The summed E-state index contributed by atoms with van der Waals surface area (Å²) in [6.45, 7) is 4.49. The lowest BCUT2D eigenvalue weighted by Gasteiger charge is -2.37. The quantitative estimate of drug-likeness (QED) is 0.812. The van der Waals surface area contributed by atoms with Gasteiger partial charge >= 0.3 is 0 Å². The number of nitrogens with one attached hydrogen (secondary N) is 1. The number of hydrogen-bond donors (Lipinski definition) is 1. The first-order valence-electron chi connectivity index (χ1n) is 8.58. The van der Waals surface area contributed by atoms with Crippen LogP contribution in [0, 0.1) is 0 Å². The summed E-state index contributed by atoms with van der Waals surface area (Å²) >= 11 is 3.42. The van der Waals surface area contributed by atoms with E-state index in [1.54, 1.807) is 0 Å². The fourth-order valence-electron chi connectivity index (χ4n) is 3.12. The van der Waals surface area contributed by atoms with Gasteiger partial charge in [-0.3, -0.25) is 9.69 Å². The first-order chi connectivity index (χ1) is 12.1. The summed E-state index contributed by atoms with van der Waals surface area (Å²) in [5.74, 6) is 0.0357. The zero-order valence-corrected chi connectivity index (χ0v) is 15.9. The van der Waals surface area contributed by atoms with Crippen molar-refractivity contribution in [2.45, 2.75) is 25.6 Å². The molecule has 4 nitrogen and oxygen atoms in total. The van der Waals surface area contributed by atoms with Gasteiger partial charge in [0, 0.05) is 36.2 Å². The molecule has 132 valence electrons. The van der Waals surface area contributed by atoms with E-state index >= 15 is 0 Å². The predicted octanol–water partition coefficient (Wildman–Crippen LogP) is 4.24. The van der Waals surface area contributed by atoms with E-state index in [2.05, 4.69) is 45.2 Å². The Bertz CT molecular complexity index is 708. The van der Waals surface area contributed by atoms with Gasteiger partial charge in [-0.05, 0) is 30.7 Å². The molecule has 1 saturated heterocycles. The molecule has 1 aliphatic rings. The van der Waals surface area contributed by atoms with Gasteiger partial charge in [0.2, 0.25) is 5.91 Å². The average molecular weight is 403 g/mol. The van der Waals surface area contributed by atoms with E-state index in [4.69, 9.17) is 4.74 Å². The average Bonchev–Trinajstić information content (AvgIpc) is 2.60. The minimum Gasteiger partial charge on any atom is -0.368 e. The SMILES string of the molecule is CC1CN(CCC(=O)Nc2cccc(Br)c2)CC(c2ccccc2)O1. The Morgan fingerprint density at radius 2 is 2.00 bits per heavy atom. The summed E-state index contributed by atoms with van der Waals surface area (Å²) in [5.41, 5.74) is 2.01. The van der Waals surface area contributed by atoms with Crippen molar-refractivity contribution in [2.75, 3.05) is 25.0 Å². The number of carbonyl (C=O) groups is 1. The van der Waals surface area contributed by atoms with Crippen LogP contribution in [0.2, 0.25) is 0 Å². The molecule has 25 heavy (non-hydrogen) atoms. The number of amides is 1. The highest BCUT2D eigenvalue weighted by molar-refractivity contribution is 9.10. The van der Waals surface area contributed by atoms with Gasteiger partial charge in [0.05, 0.1) is 12.2 Å². The highest BCUT2D eigenvalue weighted by Crippen LogP contribution is 2.25. The summed E-state index contributed by atoms with van der Waals surface area (Å²) < 4.78 is 7.03. The number of anilines is 1. The molecule has 3 rings (SSSR count). The number of morpholine rings is 1. The monoisotopic (exact) mass is 402 g/mol. The van der Waals surface area contributed by atoms with Crippen molar-refractivity contribution >= 4 is 27.5 Å². The van der Waals surface area contributed by atoms with Gasteiger partial charge < -0.3 is 10.1 Å². The third-order valence-corrected chi connectivity index (χ3v) is 4.76. The van der Waals surface area contributed by atoms with Crippen LogP contribution in [-0.2, 0) is 9.53 Å². The molecule has 1 amide bonds. The number of nitrogens with zero attached hydrogens (tertiary/aromatic N) is 1. The molecule has 0 bridgehead atoms. The van der Waals surface area contributed by atoms with E-state index in [0.29, 0.717) is 6.42 Å². The second kappa shape index (κ2) is 8.61. The molecule has 2 unspecified atom stereocenters. The van der Waals surface area contributed by atoms with E-state index in [0.717, 1.165) is 29.8 Å². The summed E-state index contributed by atoms with van der Waals surface area (Å²) in [4.78, 5) is 14.5. The highest BCUT2D eigenvalue weighted by atomic mass is 79.9. The van der Waals surface area contributed by atoms with Gasteiger partial charge in [0.25, 0.3) is 0 Å². The lowest BCUT2D eigenvalue weighted by molar-refractivity contribution is -0.118. The molecule has 5 heteroatoms. The van der Waals surface area contributed by atoms with E-state index in [1.807, 2.05) is 42.5 Å². The molecule has 0 saturated carbocycles. The Kier molecular flexibility index (Phi) is 6.24. The minimum absolute atomic E-state index is 0.0357. The summed E-state index contributed by atoms with van der Waals surface area (Å²) in [6, 6.07) is 17.9. The van der Waals surface area contributed by atoms with Crippen LogP contribution in [0.1, 0.15) is 25.0 Å². The maximum Gasteiger partial charge on any atom is 0.225 e. The highest BCUT2D eigenvalue weighted by Gasteiger charge is 2.26. The molecule has 1 aliphatic heterocycles. The first-order valence-corrected chi connectivity index (χ1v) is 9.37. The molecule has 0 radical (unpaired) electrons. The topological polar surface area (TPSA) is 41.6 Å². The van der Waals surface area contributed by atoms with Gasteiger partial charge in [0.1, 0.15) is 0 Å². The molecular formula is C20H23BrN2O2. The number of halogens is 1. The van der Waals surface area contributed by atoms with E-state index < -0.39 is 0 Å². The van der Waals surface area contributed by atoms with Crippen molar-refractivity contribution in [3.05, 3.63) is 64.6 Å². The van der Waals surface area contributed by atoms with Crippen LogP contribution in [0.25, 0.3) is 0 Å². The van der Waals surface area contributed by atoms with Crippen LogP contribution < -0.4 is 5.32 Å². The fourth-order valence-corrected chi connectivity index (χ4v) is 3.52. The molecule has 1 fully saturated rings. The number of benzene rings is 2. The van der Waals surface area contributed by atoms with Crippen molar-refractivity contribution in [1.82, 2.24) is 4.90 Å². The first kappa shape index (κ1) is 18.1. The third-order valence-electron chi connectivity index (χ3n) is 4.27. The summed E-state index contributed by atoms with van der Waals surface area (Å²) in [5, 5.41) is 2.95. The van der Waals surface area contributed by atoms with Crippen LogP contribution >= 0.6 is 15.9 Å². The molecule has 1 N–H and O–H groups in total. The molecule has 1 heterocycles. The predicted molar refractivity (Wildman–Crippen MR) is 104 cm³/mol. The van der Waals surface area contributed by atoms with E-state index in [9.17, 15) is 4.79 Å². The molecule has 0 aromatic heterocycles. The van der Waals surface area contributed by atoms with Gasteiger partial charge in [-0.2, -0.15) is 0 Å². The summed E-state index contributed by atoms with van der Waals surface area (Å²) in [7, 11) is 0. The van der Waals surface area contributed by atoms with Crippen LogP contribution in [0.15, 0.2) is 59.1 Å². The maximum atomic E-state index is 12.2. The molecule has 2 aromatic carbocycles. The Balaban J connectivity index is 1.52. The number of hydrogen-bond acceptors (Lipinski definition) is 3. The van der Waals surface area contributed by atoms with Gasteiger partial charge in [-0.1, -0.05) is 52.3 Å². The molecule has 0 spiro atoms. The smallest absolute Gasteiger partial charge is 0.225 e. The van der Waals surface area contributed by atoms with E-state index in [-0.39, 0.29) is 18.1 Å². The van der Waals surface area contributed by atoms with Gasteiger partial charge in [0.15, 0.2) is 0 Å². The van der Waals surface area contributed by atoms with Crippen LogP contribution in [0.4, 0.5) is 5.69 Å². The molecular weight excluding hydrogens is 380 g/mol. The second-order valence-corrected chi connectivity index (χ2v) is 7.33. The van der Waals surface area contributed by atoms with Gasteiger partial charge in [-0.15, -0.1) is 0 Å². The third kappa shape index (κ3) is 5.39. The lowest BCUT2D eigenvalue weighted by atomic mass is 10.1. The maximum absolute atomic E-state index is 12.2. The van der Waals surface area contributed by atoms with Crippen LogP contribution in [0.5, 0.6) is 0 Å². The van der Waals surface area contributed by atoms with Crippen molar-refractivity contribution in [3.63, 3.8) is 0 Å². The minimum atomic E-state index is 0.0357. The Morgan fingerprint density at radius 3 is 2.76 bits per heavy atom. The lowest BCUT2D eigenvalue weighted by Crippen LogP contribution is -2.43. The van der Waals surface area contributed by atoms with Gasteiger partial charge in [-0.25, -0.2) is 0 Å². The molecule has 2 aromatic rings.